The Morgan fingerprint density at radius 1 is 1.17 bits per heavy atom. The van der Waals surface area contributed by atoms with Crippen LogP contribution in [0, 0.1) is 0 Å². The SMILES string of the molecule is CCOc1ccc(NC(=O)CSc2nccn(-c3cccc(OC)c3)c2=O)cc1. The molecule has 0 aliphatic rings. The summed E-state index contributed by atoms with van der Waals surface area (Å²) in [5.74, 6) is 1.23. The number of nitrogens with one attached hydrogen (secondary N) is 1. The summed E-state index contributed by atoms with van der Waals surface area (Å²) in [6.07, 6.45) is 3.12. The summed E-state index contributed by atoms with van der Waals surface area (Å²) in [7, 11) is 1.57. The van der Waals surface area contributed by atoms with Gasteiger partial charge in [0.15, 0.2) is 5.03 Å². The standard InChI is InChI=1S/C21H21N3O4S/c1-3-28-17-9-7-15(8-10-17)23-19(25)14-29-20-21(26)24(12-11-22-20)16-5-4-6-18(13-16)27-2/h4-13H,3,14H2,1-2H3,(H,23,25). The molecule has 0 unspecified atom stereocenters. The van der Waals surface area contributed by atoms with E-state index in [-0.39, 0.29) is 22.2 Å². The number of ether oxygens (including phenoxy) is 2. The minimum absolute atomic E-state index is 0.0670. The number of hydrogen-bond donors (Lipinski definition) is 1. The van der Waals surface area contributed by atoms with Crippen molar-refractivity contribution in [3.63, 3.8) is 0 Å². The van der Waals surface area contributed by atoms with Crippen molar-refractivity contribution in [2.24, 2.45) is 0 Å². The first kappa shape index (κ1) is 20.5. The van der Waals surface area contributed by atoms with E-state index in [0.29, 0.717) is 23.7 Å². The maximum atomic E-state index is 12.7. The fourth-order valence-electron chi connectivity index (χ4n) is 2.59. The van der Waals surface area contributed by atoms with E-state index in [1.165, 1.54) is 10.8 Å². The third-order valence-corrected chi connectivity index (χ3v) is 4.89. The van der Waals surface area contributed by atoms with Gasteiger partial charge in [-0.25, -0.2) is 4.98 Å². The van der Waals surface area contributed by atoms with Crippen molar-refractivity contribution in [3.05, 3.63) is 71.3 Å². The predicted molar refractivity (Wildman–Crippen MR) is 113 cm³/mol. The van der Waals surface area contributed by atoms with Crippen LogP contribution in [-0.2, 0) is 4.79 Å². The van der Waals surface area contributed by atoms with Gasteiger partial charge in [0.2, 0.25) is 5.91 Å². The van der Waals surface area contributed by atoms with Gasteiger partial charge in [-0.1, -0.05) is 17.8 Å². The molecule has 0 saturated heterocycles. The lowest BCUT2D eigenvalue weighted by atomic mass is 10.3. The van der Waals surface area contributed by atoms with Crippen molar-refractivity contribution in [3.8, 4) is 17.2 Å². The number of benzene rings is 2. The molecule has 3 rings (SSSR count). The van der Waals surface area contributed by atoms with Crippen LogP contribution < -0.4 is 20.3 Å². The van der Waals surface area contributed by atoms with E-state index < -0.39 is 0 Å². The van der Waals surface area contributed by atoms with Gasteiger partial charge in [0, 0.05) is 24.1 Å². The van der Waals surface area contributed by atoms with Crippen LogP contribution in [0.3, 0.4) is 0 Å². The van der Waals surface area contributed by atoms with Gasteiger partial charge in [-0.15, -0.1) is 0 Å². The maximum absolute atomic E-state index is 12.7. The Kier molecular flexibility index (Phi) is 6.91. The van der Waals surface area contributed by atoms with E-state index in [0.717, 1.165) is 17.5 Å². The second kappa shape index (κ2) is 9.79. The molecular formula is C21H21N3O4S. The Morgan fingerprint density at radius 3 is 2.69 bits per heavy atom. The molecular weight excluding hydrogens is 390 g/mol. The fraction of sp³-hybridized carbons (Fsp3) is 0.190. The molecule has 1 heterocycles. The molecule has 8 heteroatoms. The van der Waals surface area contributed by atoms with Crippen molar-refractivity contribution < 1.29 is 14.3 Å². The third kappa shape index (κ3) is 5.39. The highest BCUT2D eigenvalue weighted by Gasteiger charge is 2.11. The van der Waals surface area contributed by atoms with E-state index in [2.05, 4.69) is 10.3 Å². The van der Waals surface area contributed by atoms with Gasteiger partial charge in [-0.05, 0) is 43.3 Å². The summed E-state index contributed by atoms with van der Waals surface area (Å²) in [5.41, 5.74) is 1.03. The summed E-state index contributed by atoms with van der Waals surface area (Å²) < 4.78 is 12.1. The molecule has 0 atom stereocenters. The largest absolute Gasteiger partial charge is 0.497 e. The van der Waals surface area contributed by atoms with Gasteiger partial charge in [0.25, 0.3) is 5.56 Å². The summed E-state index contributed by atoms with van der Waals surface area (Å²) in [5, 5.41) is 3.04. The molecule has 29 heavy (non-hydrogen) atoms. The summed E-state index contributed by atoms with van der Waals surface area (Å²) in [6.45, 7) is 2.49. The molecule has 0 bridgehead atoms. The molecule has 0 aliphatic heterocycles. The number of rotatable bonds is 8. The van der Waals surface area contributed by atoms with E-state index >= 15 is 0 Å². The Balaban J connectivity index is 1.66. The highest BCUT2D eigenvalue weighted by Crippen LogP contribution is 2.18. The Bertz CT molecular complexity index is 1030. The third-order valence-electron chi connectivity index (χ3n) is 3.93. The molecule has 2 aromatic carbocycles. The second-order valence-electron chi connectivity index (χ2n) is 5.90. The average Bonchev–Trinajstić information content (AvgIpc) is 2.74. The predicted octanol–water partition coefficient (Wildman–Crippen LogP) is 3.37. The maximum Gasteiger partial charge on any atom is 0.287 e. The molecule has 1 amide bonds. The smallest absolute Gasteiger partial charge is 0.287 e. The minimum Gasteiger partial charge on any atom is -0.497 e. The van der Waals surface area contributed by atoms with Crippen LogP contribution in [0.2, 0.25) is 0 Å². The summed E-state index contributed by atoms with van der Waals surface area (Å²) in [4.78, 5) is 29.1. The summed E-state index contributed by atoms with van der Waals surface area (Å²) >= 11 is 1.09. The van der Waals surface area contributed by atoms with Crippen LogP contribution in [0.15, 0.2) is 70.7 Å². The van der Waals surface area contributed by atoms with E-state index in [1.54, 1.807) is 61.8 Å². The first-order chi connectivity index (χ1) is 14.1. The molecule has 0 spiro atoms. The lowest BCUT2D eigenvalue weighted by Gasteiger charge is -2.09. The highest BCUT2D eigenvalue weighted by molar-refractivity contribution is 7.99. The van der Waals surface area contributed by atoms with Gasteiger partial charge in [-0.2, -0.15) is 0 Å². The topological polar surface area (TPSA) is 82.4 Å². The lowest BCUT2D eigenvalue weighted by molar-refractivity contribution is -0.113. The average molecular weight is 411 g/mol. The quantitative estimate of drug-likeness (QED) is 0.573. The van der Waals surface area contributed by atoms with E-state index in [9.17, 15) is 9.59 Å². The summed E-state index contributed by atoms with van der Waals surface area (Å²) in [6, 6.07) is 14.3. The molecule has 0 saturated carbocycles. The number of thioether (sulfide) groups is 1. The molecule has 7 nitrogen and oxygen atoms in total. The molecule has 3 aromatic rings. The van der Waals surface area contributed by atoms with Gasteiger partial charge in [0.05, 0.1) is 25.2 Å². The number of aromatic nitrogens is 2. The first-order valence-electron chi connectivity index (χ1n) is 8.98. The number of nitrogens with zero attached hydrogens (tertiary/aromatic N) is 2. The Hall–Kier alpha value is -3.26. The molecule has 0 aliphatic carbocycles. The number of hydrogen-bond acceptors (Lipinski definition) is 6. The number of carbonyl (C=O) groups excluding carboxylic acids is 1. The van der Waals surface area contributed by atoms with Gasteiger partial charge >= 0.3 is 0 Å². The highest BCUT2D eigenvalue weighted by atomic mass is 32.2. The van der Waals surface area contributed by atoms with Crippen molar-refractivity contribution >= 4 is 23.4 Å². The van der Waals surface area contributed by atoms with Crippen LogP contribution >= 0.6 is 11.8 Å². The second-order valence-corrected chi connectivity index (χ2v) is 6.87. The molecule has 150 valence electrons. The molecule has 1 aromatic heterocycles. The lowest BCUT2D eigenvalue weighted by Crippen LogP contribution is -2.22. The van der Waals surface area contributed by atoms with Crippen LogP contribution in [0.4, 0.5) is 5.69 Å². The molecule has 0 fully saturated rings. The van der Waals surface area contributed by atoms with Crippen LogP contribution in [0.5, 0.6) is 11.5 Å². The van der Waals surface area contributed by atoms with Crippen molar-refractivity contribution in [1.29, 1.82) is 0 Å². The van der Waals surface area contributed by atoms with Crippen molar-refractivity contribution in [2.75, 3.05) is 24.8 Å². The van der Waals surface area contributed by atoms with Crippen molar-refractivity contribution in [2.45, 2.75) is 11.9 Å². The van der Waals surface area contributed by atoms with Gasteiger partial charge < -0.3 is 14.8 Å². The van der Waals surface area contributed by atoms with Crippen LogP contribution in [0.1, 0.15) is 6.92 Å². The fourth-order valence-corrected chi connectivity index (χ4v) is 3.29. The zero-order chi connectivity index (χ0) is 20.6. The van der Waals surface area contributed by atoms with Crippen molar-refractivity contribution in [1.82, 2.24) is 9.55 Å². The zero-order valence-electron chi connectivity index (χ0n) is 16.1. The van der Waals surface area contributed by atoms with Crippen LogP contribution in [-0.4, -0.2) is 34.9 Å². The number of methoxy groups -OCH3 is 1. The number of amides is 1. The monoisotopic (exact) mass is 411 g/mol. The number of carbonyl (C=O) groups is 1. The van der Waals surface area contributed by atoms with E-state index in [4.69, 9.17) is 9.47 Å². The Labute approximate surface area is 172 Å². The normalized spacial score (nSPS) is 10.4. The minimum atomic E-state index is -0.292. The molecule has 1 N–H and O–H groups in total. The number of anilines is 1. The van der Waals surface area contributed by atoms with Gasteiger partial charge in [-0.3, -0.25) is 14.2 Å². The van der Waals surface area contributed by atoms with Gasteiger partial charge in [0.1, 0.15) is 11.5 Å². The molecule has 0 radical (unpaired) electrons. The Morgan fingerprint density at radius 2 is 1.97 bits per heavy atom. The van der Waals surface area contributed by atoms with E-state index in [1.807, 2.05) is 6.92 Å². The zero-order valence-corrected chi connectivity index (χ0v) is 16.9. The van der Waals surface area contributed by atoms with Crippen LogP contribution in [0.25, 0.3) is 5.69 Å². The first-order valence-corrected chi connectivity index (χ1v) is 9.97.